The summed E-state index contributed by atoms with van der Waals surface area (Å²) >= 11 is 5.81. The lowest BCUT2D eigenvalue weighted by molar-refractivity contribution is -0.125. The van der Waals surface area contributed by atoms with Gasteiger partial charge in [-0.25, -0.2) is 4.39 Å². The molecule has 6 nitrogen and oxygen atoms in total. The summed E-state index contributed by atoms with van der Waals surface area (Å²) in [5.74, 6) is -0.709. The number of piperazine rings is 1. The standard InChI is InChI=1S/C19H28ClFN4O2/c1-13-10-24(11-18(27)23-19(2,3)4)5-6-25(13)12-17(26)22-16-8-14(20)7-15(21)9-16/h7-9,13H,5-6,10-12H2,1-4H3,(H,22,26)(H,23,27)/t13-/m1/s1. The van der Waals surface area contributed by atoms with Crippen molar-refractivity contribution in [2.45, 2.75) is 39.3 Å². The Bertz CT molecular complexity index is 673. The Morgan fingerprint density at radius 1 is 1.19 bits per heavy atom. The fourth-order valence-electron chi connectivity index (χ4n) is 3.12. The van der Waals surface area contributed by atoms with Gasteiger partial charge in [-0.05, 0) is 45.9 Å². The number of nitrogens with one attached hydrogen (secondary N) is 2. The predicted molar refractivity (Wildman–Crippen MR) is 105 cm³/mol. The molecular weight excluding hydrogens is 371 g/mol. The van der Waals surface area contributed by atoms with Gasteiger partial charge in [0.05, 0.1) is 13.1 Å². The highest BCUT2D eigenvalue weighted by molar-refractivity contribution is 6.30. The van der Waals surface area contributed by atoms with Gasteiger partial charge in [0, 0.05) is 41.9 Å². The summed E-state index contributed by atoms with van der Waals surface area (Å²) in [5, 5.41) is 5.88. The minimum Gasteiger partial charge on any atom is -0.350 e. The number of nitrogens with zero attached hydrogens (tertiary/aromatic N) is 2. The average molecular weight is 399 g/mol. The summed E-state index contributed by atoms with van der Waals surface area (Å²) in [5.41, 5.74) is 0.0951. The molecule has 1 aromatic carbocycles. The number of hydrogen-bond donors (Lipinski definition) is 2. The third kappa shape index (κ3) is 7.44. The number of halogens is 2. The second-order valence-corrected chi connectivity index (χ2v) is 8.50. The maximum atomic E-state index is 13.4. The van der Waals surface area contributed by atoms with Crippen LogP contribution in [0.3, 0.4) is 0 Å². The molecule has 0 bridgehead atoms. The zero-order valence-corrected chi connectivity index (χ0v) is 17.1. The van der Waals surface area contributed by atoms with Crippen molar-refractivity contribution in [1.82, 2.24) is 15.1 Å². The summed E-state index contributed by atoms with van der Waals surface area (Å²) in [6.07, 6.45) is 0. The maximum Gasteiger partial charge on any atom is 0.238 e. The van der Waals surface area contributed by atoms with Crippen LogP contribution in [-0.2, 0) is 9.59 Å². The SMILES string of the molecule is C[C@@H]1CN(CC(=O)NC(C)(C)C)CCN1CC(=O)Nc1cc(F)cc(Cl)c1. The van der Waals surface area contributed by atoms with Crippen LogP contribution in [0, 0.1) is 5.82 Å². The largest absolute Gasteiger partial charge is 0.350 e. The van der Waals surface area contributed by atoms with E-state index in [1.807, 2.05) is 27.7 Å². The fourth-order valence-corrected chi connectivity index (χ4v) is 3.34. The molecule has 1 aromatic rings. The van der Waals surface area contributed by atoms with Crippen LogP contribution in [0.15, 0.2) is 18.2 Å². The molecule has 2 rings (SSSR count). The van der Waals surface area contributed by atoms with Crippen molar-refractivity contribution in [3.63, 3.8) is 0 Å². The molecule has 0 aliphatic carbocycles. The van der Waals surface area contributed by atoms with Gasteiger partial charge in [0.15, 0.2) is 0 Å². The van der Waals surface area contributed by atoms with E-state index in [2.05, 4.69) is 20.4 Å². The summed E-state index contributed by atoms with van der Waals surface area (Å²) in [6, 6.07) is 4.06. The minimum atomic E-state index is -0.492. The molecule has 2 N–H and O–H groups in total. The topological polar surface area (TPSA) is 64.7 Å². The lowest BCUT2D eigenvalue weighted by Crippen LogP contribution is -2.56. The zero-order valence-electron chi connectivity index (χ0n) is 16.3. The maximum absolute atomic E-state index is 13.4. The summed E-state index contributed by atoms with van der Waals surface area (Å²) in [4.78, 5) is 28.5. The zero-order chi connectivity index (χ0) is 20.2. The van der Waals surface area contributed by atoms with Gasteiger partial charge in [0.25, 0.3) is 0 Å². The Labute approximate surface area is 165 Å². The molecule has 1 saturated heterocycles. The Hall–Kier alpha value is -1.70. The van der Waals surface area contributed by atoms with Crippen LogP contribution in [0.25, 0.3) is 0 Å². The quantitative estimate of drug-likeness (QED) is 0.799. The van der Waals surface area contributed by atoms with Crippen molar-refractivity contribution in [2.75, 3.05) is 38.0 Å². The van der Waals surface area contributed by atoms with Crippen molar-refractivity contribution < 1.29 is 14.0 Å². The summed E-state index contributed by atoms with van der Waals surface area (Å²) in [7, 11) is 0. The van der Waals surface area contributed by atoms with E-state index in [4.69, 9.17) is 11.6 Å². The first-order chi connectivity index (χ1) is 12.5. The van der Waals surface area contributed by atoms with Gasteiger partial charge in [-0.15, -0.1) is 0 Å². The van der Waals surface area contributed by atoms with E-state index >= 15 is 0 Å². The number of carbonyl (C=O) groups excluding carboxylic acids is 2. The van der Waals surface area contributed by atoms with Gasteiger partial charge in [-0.1, -0.05) is 11.6 Å². The highest BCUT2D eigenvalue weighted by Gasteiger charge is 2.27. The van der Waals surface area contributed by atoms with Crippen molar-refractivity contribution in [1.29, 1.82) is 0 Å². The van der Waals surface area contributed by atoms with Gasteiger partial charge >= 0.3 is 0 Å². The number of anilines is 1. The average Bonchev–Trinajstić information content (AvgIpc) is 2.46. The van der Waals surface area contributed by atoms with Crippen molar-refractivity contribution in [3.05, 3.63) is 29.0 Å². The molecule has 1 fully saturated rings. The van der Waals surface area contributed by atoms with E-state index in [9.17, 15) is 14.0 Å². The summed E-state index contributed by atoms with van der Waals surface area (Å²) < 4.78 is 13.4. The number of rotatable bonds is 5. The summed E-state index contributed by atoms with van der Waals surface area (Å²) in [6.45, 7) is 10.5. The molecule has 1 aliphatic heterocycles. The van der Waals surface area contributed by atoms with E-state index in [1.165, 1.54) is 18.2 Å². The fraction of sp³-hybridized carbons (Fsp3) is 0.579. The van der Waals surface area contributed by atoms with Gasteiger partial charge in [0.2, 0.25) is 11.8 Å². The molecule has 150 valence electrons. The normalized spacial score (nSPS) is 19.0. The predicted octanol–water partition coefficient (Wildman–Crippen LogP) is 2.34. The van der Waals surface area contributed by atoms with Crippen LogP contribution in [0.5, 0.6) is 0 Å². The monoisotopic (exact) mass is 398 g/mol. The third-order valence-corrected chi connectivity index (χ3v) is 4.44. The highest BCUT2D eigenvalue weighted by atomic mass is 35.5. The first-order valence-electron chi connectivity index (χ1n) is 9.05. The smallest absolute Gasteiger partial charge is 0.238 e. The molecule has 1 aliphatic rings. The molecule has 1 atom stereocenters. The van der Waals surface area contributed by atoms with E-state index in [0.29, 0.717) is 31.9 Å². The lowest BCUT2D eigenvalue weighted by Gasteiger charge is -2.39. The number of hydrogen-bond acceptors (Lipinski definition) is 4. The molecule has 2 amide bonds. The first-order valence-corrected chi connectivity index (χ1v) is 9.43. The molecule has 0 saturated carbocycles. The van der Waals surface area contributed by atoms with E-state index in [-0.39, 0.29) is 35.0 Å². The molecule has 0 unspecified atom stereocenters. The molecule has 0 radical (unpaired) electrons. The van der Waals surface area contributed by atoms with Gasteiger partial charge in [0.1, 0.15) is 5.82 Å². The number of carbonyl (C=O) groups is 2. The van der Waals surface area contributed by atoms with Crippen molar-refractivity contribution in [2.24, 2.45) is 0 Å². The van der Waals surface area contributed by atoms with Crippen LogP contribution >= 0.6 is 11.6 Å². The molecule has 0 aromatic heterocycles. The molecule has 1 heterocycles. The van der Waals surface area contributed by atoms with E-state index < -0.39 is 5.82 Å². The van der Waals surface area contributed by atoms with Crippen LogP contribution in [0.4, 0.5) is 10.1 Å². The van der Waals surface area contributed by atoms with Gasteiger partial charge < -0.3 is 10.6 Å². The number of amides is 2. The van der Waals surface area contributed by atoms with Crippen LogP contribution in [-0.4, -0.2) is 65.9 Å². The van der Waals surface area contributed by atoms with Gasteiger partial charge in [-0.3, -0.25) is 19.4 Å². The molecule has 27 heavy (non-hydrogen) atoms. The third-order valence-electron chi connectivity index (χ3n) is 4.22. The highest BCUT2D eigenvalue weighted by Crippen LogP contribution is 2.18. The lowest BCUT2D eigenvalue weighted by atomic mass is 10.1. The van der Waals surface area contributed by atoms with Crippen LogP contribution < -0.4 is 10.6 Å². The second kappa shape index (κ2) is 8.99. The van der Waals surface area contributed by atoms with Gasteiger partial charge in [-0.2, -0.15) is 0 Å². The Balaban J connectivity index is 1.82. The Kier molecular flexibility index (Phi) is 7.19. The first kappa shape index (κ1) is 21.6. The number of benzene rings is 1. The van der Waals surface area contributed by atoms with Crippen molar-refractivity contribution >= 4 is 29.1 Å². The molecular formula is C19H28ClFN4O2. The van der Waals surface area contributed by atoms with Crippen LogP contribution in [0.1, 0.15) is 27.7 Å². The Morgan fingerprint density at radius 3 is 2.48 bits per heavy atom. The second-order valence-electron chi connectivity index (χ2n) is 8.06. The Morgan fingerprint density at radius 2 is 1.89 bits per heavy atom. The van der Waals surface area contributed by atoms with E-state index in [0.717, 1.165) is 0 Å². The van der Waals surface area contributed by atoms with Crippen molar-refractivity contribution in [3.8, 4) is 0 Å². The van der Waals surface area contributed by atoms with Crippen LogP contribution in [0.2, 0.25) is 5.02 Å². The molecule has 0 spiro atoms. The molecule has 8 heteroatoms. The van der Waals surface area contributed by atoms with E-state index in [1.54, 1.807) is 0 Å². The minimum absolute atomic E-state index is 0.00359.